The second-order valence-electron chi connectivity index (χ2n) is 8.88. The van der Waals surface area contributed by atoms with Gasteiger partial charge in [0.1, 0.15) is 5.60 Å². The summed E-state index contributed by atoms with van der Waals surface area (Å²) in [6, 6.07) is 17.5. The minimum Gasteiger partial charge on any atom is -0.357 e. The van der Waals surface area contributed by atoms with Crippen LogP contribution in [0.2, 0.25) is 5.02 Å². The smallest absolute Gasteiger partial charge is 0.230 e. The Morgan fingerprint density at radius 3 is 2.61 bits per heavy atom. The van der Waals surface area contributed by atoms with Crippen molar-refractivity contribution in [1.29, 1.82) is 0 Å². The van der Waals surface area contributed by atoms with Crippen molar-refractivity contribution in [2.75, 3.05) is 13.1 Å². The first-order valence-corrected chi connectivity index (χ1v) is 11.0. The summed E-state index contributed by atoms with van der Waals surface area (Å²) in [4.78, 5) is 28.4. The normalized spacial score (nSPS) is 30.6. The Labute approximate surface area is 187 Å². The molecule has 1 N–H and O–H groups in total. The fourth-order valence-corrected chi connectivity index (χ4v) is 5.41. The lowest BCUT2D eigenvalue weighted by molar-refractivity contribution is -0.139. The molecule has 31 heavy (non-hydrogen) atoms. The predicted octanol–water partition coefficient (Wildman–Crippen LogP) is 3.37. The van der Waals surface area contributed by atoms with Gasteiger partial charge in [0.15, 0.2) is 0 Å². The number of nitrogens with zero attached hydrogens (tertiary/aromatic N) is 1. The van der Waals surface area contributed by atoms with Gasteiger partial charge in [-0.05, 0) is 36.6 Å². The van der Waals surface area contributed by atoms with Gasteiger partial charge >= 0.3 is 0 Å². The van der Waals surface area contributed by atoms with Gasteiger partial charge in [-0.1, -0.05) is 66.2 Å². The van der Waals surface area contributed by atoms with Crippen molar-refractivity contribution in [3.05, 3.63) is 82.9 Å². The van der Waals surface area contributed by atoms with Crippen LogP contribution in [0.15, 0.2) is 66.7 Å². The molecule has 3 heterocycles. The van der Waals surface area contributed by atoms with Crippen molar-refractivity contribution in [2.24, 2.45) is 11.8 Å². The third-order valence-electron chi connectivity index (χ3n) is 6.72. The van der Waals surface area contributed by atoms with Crippen molar-refractivity contribution in [1.82, 2.24) is 10.2 Å². The van der Waals surface area contributed by atoms with Crippen LogP contribution in [-0.4, -0.2) is 41.0 Å². The molecule has 4 atom stereocenters. The van der Waals surface area contributed by atoms with Crippen molar-refractivity contribution in [2.45, 2.75) is 31.1 Å². The third-order valence-corrected chi connectivity index (χ3v) is 6.98. The summed E-state index contributed by atoms with van der Waals surface area (Å²) in [7, 11) is 0. The summed E-state index contributed by atoms with van der Waals surface area (Å²) in [6.45, 7) is 3.41. The Morgan fingerprint density at radius 1 is 1.13 bits per heavy atom. The summed E-state index contributed by atoms with van der Waals surface area (Å²) >= 11 is 5.94. The summed E-state index contributed by atoms with van der Waals surface area (Å²) in [6.07, 6.45) is 4.66. The maximum absolute atomic E-state index is 13.4. The first kappa shape index (κ1) is 20.3. The molecule has 5 rings (SSSR count). The lowest BCUT2D eigenvalue weighted by Crippen LogP contribution is -2.48. The van der Waals surface area contributed by atoms with Crippen LogP contribution in [0.1, 0.15) is 18.1 Å². The van der Waals surface area contributed by atoms with Crippen LogP contribution in [0.25, 0.3) is 0 Å². The molecule has 6 heteroatoms. The number of fused-ring (bicyclic) bond motifs is 1. The van der Waals surface area contributed by atoms with Crippen LogP contribution in [-0.2, 0) is 27.3 Å². The van der Waals surface area contributed by atoms with Crippen LogP contribution in [0.5, 0.6) is 0 Å². The molecule has 3 aliphatic heterocycles. The molecule has 2 fully saturated rings. The van der Waals surface area contributed by atoms with Gasteiger partial charge in [0.25, 0.3) is 0 Å². The third kappa shape index (κ3) is 3.46. The lowest BCUT2D eigenvalue weighted by Gasteiger charge is -2.29. The highest BCUT2D eigenvalue weighted by molar-refractivity contribution is 6.30. The number of carbonyl (C=O) groups excluding carboxylic acids is 2. The number of nitrogens with one attached hydrogen (secondary N) is 1. The van der Waals surface area contributed by atoms with Crippen molar-refractivity contribution < 1.29 is 14.3 Å². The van der Waals surface area contributed by atoms with E-state index in [0.717, 1.165) is 11.1 Å². The van der Waals surface area contributed by atoms with Crippen molar-refractivity contribution in [3.63, 3.8) is 0 Å². The highest BCUT2D eigenvalue weighted by Crippen LogP contribution is 2.57. The molecule has 0 aliphatic carbocycles. The molecular weight excluding hydrogens is 412 g/mol. The van der Waals surface area contributed by atoms with Gasteiger partial charge in [-0.3, -0.25) is 9.59 Å². The SMILES string of the molecule is C[C@@]12C=CC3(CN(Cc4ccccc4)C(=O)[C@H]3C1C(=O)NCCc1ccc(Cl)cc1)O2. The number of hydrogen-bond donors (Lipinski definition) is 1. The summed E-state index contributed by atoms with van der Waals surface area (Å²) < 4.78 is 6.37. The molecule has 3 aliphatic rings. The second-order valence-corrected chi connectivity index (χ2v) is 9.31. The molecule has 2 aromatic rings. The zero-order chi connectivity index (χ0) is 21.6. The topological polar surface area (TPSA) is 58.6 Å². The molecule has 2 unspecified atom stereocenters. The van der Waals surface area contributed by atoms with E-state index in [0.29, 0.717) is 31.1 Å². The predicted molar refractivity (Wildman–Crippen MR) is 118 cm³/mol. The maximum Gasteiger partial charge on any atom is 0.230 e. The zero-order valence-corrected chi connectivity index (χ0v) is 18.1. The van der Waals surface area contributed by atoms with E-state index in [9.17, 15) is 9.59 Å². The fraction of sp³-hybridized carbons (Fsp3) is 0.360. The van der Waals surface area contributed by atoms with Crippen LogP contribution in [0.4, 0.5) is 0 Å². The molecule has 2 saturated heterocycles. The van der Waals surface area contributed by atoms with Crippen molar-refractivity contribution >= 4 is 23.4 Å². The molecule has 0 saturated carbocycles. The average molecular weight is 437 g/mol. The van der Waals surface area contributed by atoms with E-state index in [-0.39, 0.29) is 11.8 Å². The Bertz CT molecular complexity index is 1040. The molecule has 0 radical (unpaired) electrons. The average Bonchev–Trinajstić information content (AvgIpc) is 3.32. The van der Waals surface area contributed by atoms with Crippen LogP contribution in [0, 0.1) is 11.8 Å². The quantitative estimate of drug-likeness (QED) is 0.706. The number of hydrogen-bond acceptors (Lipinski definition) is 3. The van der Waals surface area contributed by atoms with E-state index < -0.39 is 23.0 Å². The van der Waals surface area contributed by atoms with Gasteiger partial charge < -0.3 is 15.0 Å². The molecule has 2 bridgehead atoms. The highest BCUT2D eigenvalue weighted by Gasteiger charge is 2.71. The second kappa shape index (κ2) is 7.50. The van der Waals surface area contributed by atoms with E-state index in [4.69, 9.17) is 16.3 Å². The van der Waals surface area contributed by atoms with Gasteiger partial charge in [-0.15, -0.1) is 0 Å². The standard InChI is InChI=1S/C25H25ClN2O3/c1-24-12-13-25(31-24)16-28(15-18-5-3-2-4-6-18)23(30)21(25)20(24)22(29)27-14-11-17-7-9-19(26)10-8-17/h2-10,12-13,20-21H,11,14-16H2,1H3,(H,27,29)/t20?,21-,24-,25?/m1/s1. The Balaban J connectivity index is 1.30. The minimum absolute atomic E-state index is 0.00483. The van der Waals surface area contributed by atoms with E-state index in [1.54, 1.807) is 0 Å². The number of benzene rings is 2. The number of carbonyl (C=O) groups is 2. The largest absolute Gasteiger partial charge is 0.357 e. The molecule has 160 valence electrons. The number of amides is 2. The fourth-order valence-electron chi connectivity index (χ4n) is 5.28. The summed E-state index contributed by atoms with van der Waals surface area (Å²) in [5.74, 6) is -1.14. The van der Waals surface area contributed by atoms with Crippen LogP contribution in [0.3, 0.4) is 0 Å². The lowest BCUT2D eigenvalue weighted by atomic mass is 9.72. The first-order chi connectivity index (χ1) is 14.9. The zero-order valence-electron chi connectivity index (χ0n) is 17.4. The molecule has 1 spiro atoms. The first-order valence-electron chi connectivity index (χ1n) is 10.7. The minimum atomic E-state index is -0.747. The van der Waals surface area contributed by atoms with Crippen molar-refractivity contribution in [3.8, 4) is 0 Å². The summed E-state index contributed by atoms with van der Waals surface area (Å²) in [5.41, 5.74) is 0.714. The van der Waals surface area contributed by atoms with E-state index >= 15 is 0 Å². The molecule has 2 aromatic carbocycles. The van der Waals surface area contributed by atoms with Gasteiger partial charge in [0.05, 0.1) is 24.0 Å². The monoisotopic (exact) mass is 436 g/mol. The maximum atomic E-state index is 13.4. The molecule has 5 nitrogen and oxygen atoms in total. The van der Waals surface area contributed by atoms with Crippen LogP contribution >= 0.6 is 11.6 Å². The van der Waals surface area contributed by atoms with E-state index in [1.165, 1.54) is 0 Å². The summed E-state index contributed by atoms with van der Waals surface area (Å²) in [5, 5.41) is 3.73. The molecule has 0 aromatic heterocycles. The van der Waals surface area contributed by atoms with Gasteiger partial charge in [0, 0.05) is 18.1 Å². The number of ether oxygens (including phenoxy) is 1. The molecular formula is C25H25ClN2O3. The Hall–Kier alpha value is -2.63. The number of rotatable bonds is 6. The van der Waals surface area contributed by atoms with Crippen LogP contribution < -0.4 is 5.32 Å². The van der Waals surface area contributed by atoms with Gasteiger partial charge in [-0.25, -0.2) is 0 Å². The van der Waals surface area contributed by atoms with E-state index in [2.05, 4.69) is 5.32 Å². The molecule has 2 amide bonds. The highest BCUT2D eigenvalue weighted by atomic mass is 35.5. The Kier molecular flexibility index (Phi) is 4.91. The van der Waals surface area contributed by atoms with E-state index in [1.807, 2.05) is 78.6 Å². The van der Waals surface area contributed by atoms with Gasteiger partial charge in [0.2, 0.25) is 11.8 Å². The Morgan fingerprint density at radius 2 is 1.87 bits per heavy atom. The number of halogens is 1. The van der Waals surface area contributed by atoms with Gasteiger partial charge in [-0.2, -0.15) is 0 Å². The number of likely N-dealkylation sites (tertiary alicyclic amines) is 1.